The van der Waals surface area contributed by atoms with Crippen LogP contribution in [-0.4, -0.2) is 23.6 Å². The molecule has 3 aromatic rings. The molecule has 0 radical (unpaired) electrons. The van der Waals surface area contributed by atoms with Crippen LogP contribution in [0.2, 0.25) is 0 Å². The average Bonchev–Trinajstić information content (AvgIpc) is 2.83. The maximum Gasteiger partial charge on any atom is 0.269 e. The predicted octanol–water partition coefficient (Wildman–Crippen LogP) is 4.09. The number of hydrogen-bond acceptors (Lipinski definition) is 6. The number of rotatable bonds is 6. The number of nitro groups is 1. The number of carbonyl (C=O) groups is 1. The van der Waals surface area contributed by atoms with E-state index in [9.17, 15) is 23.3 Å². The fourth-order valence-corrected chi connectivity index (χ4v) is 6.06. The van der Waals surface area contributed by atoms with Crippen molar-refractivity contribution in [1.29, 1.82) is 5.26 Å². The van der Waals surface area contributed by atoms with E-state index < -0.39 is 32.3 Å². The molecule has 0 aromatic heterocycles. The number of nitriles is 1. The van der Waals surface area contributed by atoms with E-state index in [4.69, 9.17) is 5.26 Å². The second kappa shape index (κ2) is 8.15. The fourth-order valence-electron chi connectivity index (χ4n) is 4.39. The number of amides is 1. The van der Waals surface area contributed by atoms with Crippen LogP contribution in [0.5, 0.6) is 0 Å². The summed E-state index contributed by atoms with van der Waals surface area (Å²) < 4.78 is 27.9. The maximum absolute atomic E-state index is 13.6. The SMILES string of the molecule is CC[C@@]1(c2ccccc2)C(=O)N(S(=O)(=O)c2ccc([N+](=O)[O-])cc2)[C@H]1c1ccc(C#N)cc1. The molecule has 33 heavy (non-hydrogen) atoms. The van der Waals surface area contributed by atoms with Crippen molar-refractivity contribution >= 4 is 21.6 Å². The van der Waals surface area contributed by atoms with Crippen molar-refractivity contribution < 1.29 is 18.1 Å². The molecule has 0 spiro atoms. The van der Waals surface area contributed by atoms with Gasteiger partial charge in [-0.05, 0) is 41.8 Å². The van der Waals surface area contributed by atoms with E-state index in [1.54, 1.807) is 48.5 Å². The zero-order chi connectivity index (χ0) is 23.8. The van der Waals surface area contributed by atoms with Gasteiger partial charge in [0.15, 0.2) is 0 Å². The molecule has 8 nitrogen and oxygen atoms in total. The Kier molecular flexibility index (Phi) is 5.47. The zero-order valence-corrected chi connectivity index (χ0v) is 18.4. The molecule has 0 saturated carbocycles. The average molecular weight is 461 g/mol. The third-order valence-corrected chi connectivity index (χ3v) is 7.85. The molecule has 1 heterocycles. The summed E-state index contributed by atoms with van der Waals surface area (Å²) in [6.07, 6.45) is 0.354. The second-order valence-corrected chi connectivity index (χ2v) is 9.50. The van der Waals surface area contributed by atoms with E-state index in [1.165, 1.54) is 0 Å². The lowest BCUT2D eigenvalue weighted by atomic mass is 9.63. The Hall–Kier alpha value is -4.03. The van der Waals surface area contributed by atoms with Gasteiger partial charge in [0.2, 0.25) is 5.91 Å². The quantitative estimate of drug-likeness (QED) is 0.310. The topological polar surface area (TPSA) is 121 Å². The van der Waals surface area contributed by atoms with Crippen molar-refractivity contribution in [1.82, 2.24) is 4.31 Å². The van der Waals surface area contributed by atoms with Gasteiger partial charge in [-0.2, -0.15) is 5.26 Å². The highest BCUT2D eigenvalue weighted by Gasteiger charge is 2.65. The summed E-state index contributed by atoms with van der Waals surface area (Å²) in [4.78, 5) is 23.7. The van der Waals surface area contributed by atoms with Gasteiger partial charge < -0.3 is 0 Å². The van der Waals surface area contributed by atoms with Gasteiger partial charge in [-0.1, -0.05) is 49.4 Å². The van der Waals surface area contributed by atoms with E-state index in [0.29, 0.717) is 23.1 Å². The number of nitrogens with zero attached hydrogens (tertiary/aromatic N) is 3. The summed E-state index contributed by atoms with van der Waals surface area (Å²) >= 11 is 0. The van der Waals surface area contributed by atoms with Crippen molar-refractivity contribution in [3.8, 4) is 6.07 Å². The lowest BCUT2D eigenvalue weighted by molar-refractivity contribution is -0.384. The Morgan fingerprint density at radius 3 is 2.15 bits per heavy atom. The molecule has 9 heteroatoms. The highest BCUT2D eigenvalue weighted by Crippen LogP contribution is 2.56. The van der Waals surface area contributed by atoms with Crippen molar-refractivity contribution in [3.05, 3.63) is 106 Å². The first-order chi connectivity index (χ1) is 15.8. The number of hydrogen-bond donors (Lipinski definition) is 0. The predicted molar refractivity (Wildman–Crippen MR) is 119 cm³/mol. The van der Waals surface area contributed by atoms with E-state index in [-0.39, 0.29) is 10.6 Å². The number of sulfonamides is 1. The zero-order valence-electron chi connectivity index (χ0n) is 17.6. The largest absolute Gasteiger partial charge is 0.273 e. The third kappa shape index (κ3) is 3.36. The Labute approximate surface area is 190 Å². The van der Waals surface area contributed by atoms with Crippen molar-refractivity contribution in [3.63, 3.8) is 0 Å². The number of non-ortho nitro benzene ring substituents is 1. The fraction of sp³-hybridized carbons (Fsp3) is 0.167. The minimum Gasteiger partial charge on any atom is -0.273 e. The van der Waals surface area contributed by atoms with Gasteiger partial charge in [0.05, 0.1) is 27.5 Å². The monoisotopic (exact) mass is 461 g/mol. The molecule has 0 bridgehead atoms. The maximum atomic E-state index is 13.6. The van der Waals surface area contributed by atoms with Crippen LogP contribution in [0, 0.1) is 21.4 Å². The molecule has 2 atom stereocenters. The third-order valence-electron chi connectivity index (χ3n) is 6.09. The van der Waals surface area contributed by atoms with Gasteiger partial charge in [-0.3, -0.25) is 14.9 Å². The highest BCUT2D eigenvalue weighted by molar-refractivity contribution is 7.89. The lowest BCUT2D eigenvalue weighted by Crippen LogP contribution is -2.67. The van der Waals surface area contributed by atoms with Crippen LogP contribution in [0.3, 0.4) is 0 Å². The first kappa shape index (κ1) is 22.2. The molecular weight excluding hydrogens is 442 g/mol. The number of nitro benzene ring substituents is 1. The van der Waals surface area contributed by atoms with Gasteiger partial charge in [-0.25, -0.2) is 12.7 Å². The Balaban J connectivity index is 1.87. The first-order valence-corrected chi connectivity index (χ1v) is 11.6. The van der Waals surface area contributed by atoms with Gasteiger partial charge in [-0.15, -0.1) is 0 Å². The van der Waals surface area contributed by atoms with Crippen LogP contribution in [0.25, 0.3) is 0 Å². The number of β-lactam (4-membered cyclic amide) rings is 1. The Morgan fingerprint density at radius 1 is 1.03 bits per heavy atom. The van der Waals surface area contributed by atoms with Crippen LogP contribution in [0.1, 0.15) is 36.1 Å². The summed E-state index contributed by atoms with van der Waals surface area (Å²) in [5.41, 5.74) is 0.325. The second-order valence-electron chi connectivity index (χ2n) is 7.68. The number of benzene rings is 3. The van der Waals surface area contributed by atoms with Crippen LogP contribution in [-0.2, 0) is 20.2 Å². The van der Waals surface area contributed by atoms with Crippen molar-refractivity contribution in [2.24, 2.45) is 0 Å². The smallest absolute Gasteiger partial charge is 0.269 e. The van der Waals surface area contributed by atoms with Crippen LogP contribution in [0.4, 0.5) is 5.69 Å². The molecule has 1 amide bonds. The number of carbonyl (C=O) groups excluding carboxylic acids is 1. The summed E-state index contributed by atoms with van der Waals surface area (Å²) in [7, 11) is -4.30. The van der Waals surface area contributed by atoms with E-state index in [0.717, 1.165) is 28.6 Å². The minimum atomic E-state index is -4.30. The van der Waals surface area contributed by atoms with Crippen molar-refractivity contribution in [2.45, 2.75) is 29.7 Å². The van der Waals surface area contributed by atoms with Gasteiger partial charge >= 0.3 is 0 Å². The molecule has 1 aliphatic rings. The Bertz CT molecular complexity index is 1360. The first-order valence-electron chi connectivity index (χ1n) is 10.2. The summed E-state index contributed by atoms with van der Waals surface area (Å²) in [6, 6.07) is 21.1. The molecule has 1 fully saturated rings. The molecule has 1 aliphatic heterocycles. The van der Waals surface area contributed by atoms with Crippen molar-refractivity contribution in [2.75, 3.05) is 0 Å². The van der Waals surface area contributed by atoms with Crippen LogP contribution >= 0.6 is 0 Å². The molecule has 0 unspecified atom stereocenters. The summed E-state index contributed by atoms with van der Waals surface area (Å²) in [5.74, 6) is -0.566. The van der Waals surface area contributed by atoms with Crippen LogP contribution in [0.15, 0.2) is 83.8 Å². The van der Waals surface area contributed by atoms with E-state index in [2.05, 4.69) is 0 Å². The van der Waals surface area contributed by atoms with Gasteiger partial charge in [0.25, 0.3) is 15.7 Å². The van der Waals surface area contributed by atoms with E-state index >= 15 is 0 Å². The molecule has 4 rings (SSSR count). The summed E-state index contributed by atoms with van der Waals surface area (Å²) in [5, 5.41) is 20.1. The molecule has 1 saturated heterocycles. The minimum absolute atomic E-state index is 0.210. The molecule has 166 valence electrons. The normalized spacial score (nSPS) is 20.1. The Morgan fingerprint density at radius 2 is 1.64 bits per heavy atom. The highest BCUT2D eigenvalue weighted by atomic mass is 32.2. The van der Waals surface area contributed by atoms with E-state index in [1.807, 2.05) is 19.1 Å². The lowest BCUT2D eigenvalue weighted by Gasteiger charge is -2.55. The molecule has 3 aromatic carbocycles. The molecular formula is C24H19N3O5S. The molecule has 0 aliphatic carbocycles. The van der Waals surface area contributed by atoms with Crippen LogP contribution < -0.4 is 0 Å². The van der Waals surface area contributed by atoms with Gasteiger partial charge in [0, 0.05) is 12.1 Å². The van der Waals surface area contributed by atoms with Gasteiger partial charge in [0.1, 0.15) is 5.41 Å². The summed E-state index contributed by atoms with van der Waals surface area (Å²) in [6.45, 7) is 1.83. The molecule has 0 N–H and O–H groups in total. The standard InChI is InChI=1S/C24H19N3O5S/c1-2-24(19-6-4-3-5-7-19)22(18-10-8-17(16-25)9-11-18)26(23(24)28)33(31,32)21-14-12-20(13-15-21)27(29)30/h3-15,22H,2H2,1H3/t22-,24-/m0/s1.